The summed E-state index contributed by atoms with van der Waals surface area (Å²) in [6.07, 6.45) is 1.52. The SMILES string of the molecule is C=C/C(C)=[N+](\[O-])c1ccc(Cl)cc1. The minimum Gasteiger partial charge on any atom is -0.618 e. The van der Waals surface area contributed by atoms with Crippen molar-refractivity contribution in [1.82, 2.24) is 0 Å². The Labute approximate surface area is 82.4 Å². The number of rotatable bonds is 2. The molecule has 0 saturated carbocycles. The van der Waals surface area contributed by atoms with Crippen LogP contribution in [-0.2, 0) is 0 Å². The molecule has 0 unspecified atom stereocenters. The zero-order chi connectivity index (χ0) is 9.84. The molecule has 0 heterocycles. The van der Waals surface area contributed by atoms with Gasteiger partial charge in [-0.2, -0.15) is 4.74 Å². The summed E-state index contributed by atoms with van der Waals surface area (Å²) < 4.78 is 0.809. The number of hydrogen-bond donors (Lipinski definition) is 0. The monoisotopic (exact) mass is 195 g/mol. The lowest BCUT2D eigenvalue weighted by atomic mass is 10.3. The van der Waals surface area contributed by atoms with Crippen molar-refractivity contribution in [1.29, 1.82) is 0 Å². The second kappa shape index (κ2) is 4.10. The van der Waals surface area contributed by atoms with E-state index in [9.17, 15) is 5.21 Å². The van der Waals surface area contributed by atoms with Gasteiger partial charge < -0.3 is 5.21 Å². The maximum absolute atomic E-state index is 11.5. The van der Waals surface area contributed by atoms with Crippen LogP contribution in [0.4, 0.5) is 5.69 Å². The molecule has 0 atom stereocenters. The Morgan fingerprint density at radius 3 is 2.46 bits per heavy atom. The average Bonchev–Trinajstić information content (AvgIpc) is 2.17. The molecule has 13 heavy (non-hydrogen) atoms. The average molecular weight is 196 g/mol. The molecule has 0 aliphatic heterocycles. The van der Waals surface area contributed by atoms with Gasteiger partial charge in [-0.05, 0) is 18.2 Å². The van der Waals surface area contributed by atoms with Crippen molar-refractivity contribution >= 4 is 23.0 Å². The predicted octanol–water partition coefficient (Wildman–Crippen LogP) is 3.13. The van der Waals surface area contributed by atoms with Crippen molar-refractivity contribution in [3.05, 3.63) is 47.2 Å². The van der Waals surface area contributed by atoms with Crippen LogP contribution in [0.15, 0.2) is 36.9 Å². The van der Waals surface area contributed by atoms with Crippen LogP contribution in [0.5, 0.6) is 0 Å². The van der Waals surface area contributed by atoms with E-state index in [0.29, 0.717) is 16.4 Å². The molecule has 0 N–H and O–H groups in total. The van der Waals surface area contributed by atoms with Gasteiger partial charge in [0.05, 0.1) is 0 Å². The highest BCUT2D eigenvalue weighted by Gasteiger charge is 2.02. The summed E-state index contributed by atoms with van der Waals surface area (Å²) >= 11 is 5.68. The topological polar surface area (TPSA) is 26.1 Å². The summed E-state index contributed by atoms with van der Waals surface area (Å²) in [5.41, 5.74) is 1.11. The zero-order valence-corrected chi connectivity index (χ0v) is 8.08. The van der Waals surface area contributed by atoms with E-state index in [4.69, 9.17) is 11.6 Å². The highest BCUT2D eigenvalue weighted by atomic mass is 35.5. The Morgan fingerprint density at radius 1 is 1.46 bits per heavy atom. The first-order chi connectivity index (χ1) is 6.15. The van der Waals surface area contributed by atoms with Gasteiger partial charge in [0, 0.05) is 24.1 Å². The van der Waals surface area contributed by atoms with Crippen molar-refractivity contribution in [2.45, 2.75) is 6.92 Å². The van der Waals surface area contributed by atoms with Crippen molar-refractivity contribution in [3.63, 3.8) is 0 Å². The first kappa shape index (κ1) is 9.81. The van der Waals surface area contributed by atoms with Gasteiger partial charge in [-0.25, -0.2) is 0 Å². The summed E-state index contributed by atoms with van der Waals surface area (Å²) in [6, 6.07) is 6.70. The summed E-state index contributed by atoms with van der Waals surface area (Å²) in [6.45, 7) is 5.22. The Hall–Kier alpha value is -1.28. The van der Waals surface area contributed by atoms with Gasteiger partial charge in [-0.1, -0.05) is 18.2 Å². The van der Waals surface area contributed by atoms with E-state index >= 15 is 0 Å². The molecule has 1 rings (SSSR count). The molecular formula is C10H10ClNO. The van der Waals surface area contributed by atoms with Crippen LogP contribution in [0.1, 0.15) is 6.92 Å². The van der Waals surface area contributed by atoms with Crippen molar-refractivity contribution in [2.24, 2.45) is 0 Å². The molecule has 68 valence electrons. The summed E-state index contributed by atoms with van der Waals surface area (Å²) in [5, 5.41) is 12.1. The van der Waals surface area contributed by atoms with Crippen LogP contribution in [0.3, 0.4) is 0 Å². The zero-order valence-electron chi connectivity index (χ0n) is 7.33. The van der Waals surface area contributed by atoms with E-state index in [2.05, 4.69) is 6.58 Å². The third-order valence-corrected chi connectivity index (χ3v) is 1.93. The molecule has 1 aromatic carbocycles. The van der Waals surface area contributed by atoms with Crippen LogP contribution in [0.2, 0.25) is 5.02 Å². The molecule has 0 spiro atoms. The molecule has 0 saturated heterocycles. The standard InChI is InChI=1S/C10H10ClNO/c1-3-8(2)12(13)10-6-4-9(11)5-7-10/h3-7H,1H2,2H3/b12-8-. The first-order valence-corrected chi connectivity index (χ1v) is 4.22. The molecule has 0 bridgehead atoms. The number of allylic oxidation sites excluding steroid dienone is 1. The molecule has 0 aliphatic rings. The lowest BCUT2D eigenvalue weighted by Crippen LogP contribution is -2.03. The molecule has 0 fully saturated rings. The van der Waals surface area contributed by atoms with Gasteiger partial charge in [0.2, 0.25) is 5.69 Å². The molecule has 0 aliphatic carbocycles. The molecule has 1 aromatic rings. The van der Waals surface area contributed by atoms with Crippen LogP contribution in [-0.4, -0.2) is 10.5 Å². The smallest absolute Gasteiger partial charge is 0.216 e. The van der Waals surface area contributed by atoms with Gasteiger partial charge in [0.25, 0.3) is 0 Å². The van der Waals surface area contributed by atoms with E-state index in [1.165, 1.54) is 6.08 Å². The fourth-order valence-corrected chi connectivity index (χ4v) is 0.989. The van der Waals surface area contributed by atoms with Crippen molar-refractivity contribution in [3.8, 4) is 0 Å². The highest BCUT2D eigenvalue weighted by Crippen LogP contribution is 2.15. The van der Waals surface area contributed by atoms with E-state index < -0.39 is 0 Å². The fraction of sp³-hybridized carbons (Fsp3) is 0.100. The summed E-state index contributed by atoms with van der Waals surface area (Å²) in [7, 11) is 0. The number of nitrogens with zero attached hydrogens (tertiary/aromatic N) is 1. The lowest BCUT2D eigenvalue weighted by molar-refractivity contribution is -0.360. The van der Waals surface area contributed by atoms with Gasteiger partial charge in [-0.3, -0.25) is 0 Å². The first-order valence-electron chi connectivity index (χ1n) is 3.84. The maximum atomic E-state index is 11.5. The maximum Gasteiger partial charge on any atom is 0.216 e. The fourth-order valence-electron chi connectivity index (χ4n) is 0.863. The van der Waals surface area contributed by atoms with Crippen molar-refractivity contribution in [2.75, 3.05) is 0 Å². The molecule has 0 amide bonds. The second-order valence-corrected chi connectivity index (χ2v) is 3.05. The highest BCUT2D eigenvalue weighted by molar-refractivity contribution is 6.30. The van der Waals surface area contributed by atoms with E-state index in [1.54, 1.807) is 31.2 Å². The number of hydrogen-bond acceptors (Lipinski definition) is 1. The van der Waals surface area contributed by atoms with Crippen LogP contribution in [0.25, 0.3) is 0 Å². The van der Waals surface area contributed by atoms with Gasteiger partial charge in [-0.15, -0.1) is 0 Å². The van der Waals surface area contributed by atoms with Gasteiger partial charge in [0.15, 0.2) is 5.71 Å². The van der Waals surface area contributed by atoms with Crippen LogP contribution < -0.4 is 0 Å². The van der Waals surface area contributed by atoms with Crippen molar-refractivity contribution < 1.29 is 4.74 Å². The van der Waals surface area contributed by atoms with Gasteiger partial charge in [0.1, 0.15) is 0 Å². The van der Waals surface area contributed by atoms with E-state index in [-0.39, 0.29) is 0 Å². The largest absolute Gasteiger partial charge is 0.618 e. The summed E-state index contributed by atoms with van der Waals surface area (Å²) in [4.78, 5) is 0. The minimum absolute atomic E-state index is 0.557. The van der Waals surface area contributed by atoms with E-state index in [0.717, 1.165) is 4.74 Å². The van der Waals surface area contributed by atoms with Gasteiger partial charge >= 0.3 is 0 Å². The quantitative estimate of drug-likeness (QED) is 0.308. The predicted molar refractivity (Wildman–Crippen MR) is 55.6 cm³/mol. The molecule has 0 radical (unpaired) electrons. The summed E-state index contributed by atoms with van der Waals surface area (Å²) in [5.74, 6) is 0. The van der Waals surface area contributed by atoms with Crippen LogP contribution in [0, 0.1) is 5.21 Å². The molecule has 0 aromatic heterocycles. The number of benzene rings is 1. The van der Waals surface area contributed by atoms with E-state index in [1.807, 2.05) is 0 Å². The van der Waals surface area contributed by atoms with Crippen LogP contribution >= 0.6 is 11.6 Å². The second-order valence-electron chi connectivity index (χ2n) is 2.62. The Morgan fingerprint density at radius 2 is 2.00 bits per heavy atom. The third kappa shape index (κ3) is 2.33. The Balaban J connectivity index is 3.09. The minimum atomic E-state index is 0.557. The molecule has 2 nitrogen and oxygen atoms in total. The molecule has 3 heteroatoms. The lowest BCUT2D eigenvalue weighted by Gasteiger charge is -2.04. The normalized spacial score (nSPS) is 12.2. The third-order valence-electron chi connectivity index (χ3n) is 1.68. The number of halogens is 1. The Bertz CT molecular complexity index is 340. The molecular weight excluding hydrogens is 186 g/mol. The Kier molecular flexibility index (Phi) is 3.09.